The summed E-state index contributed by atoms with van der Waals surface area (Å²) in [5, 5.41) is 1.07. The van der Waals surface area contributed by atoms with E-state index in [-0.39, 0.29) is 17.6 Å². The number of fused-ring (bicyclic) bond motifs is 4. The maximum absolute atomic E-state index is 14.1. The van der Waals surface area contributed by atoms with Crippen molar-refractivity contribution in [2.75, 3.05) is 4.90 Å². The van der Waals surface area contributed by atoms with Gasteiger partial charge in [0.1, 0.15) is 0 Å². The van der Waals surface area contributed by atoms with E-state index in [4.69, 9.17) is 4.98 Å². The first-order valence-electron chi connectivity index (χ1n) is 13.3. The number of Topliss-reactive ketones (excluding diaryl/α,β-unsaturated/α-hetero) is 2. The fourth-order valence-corrected chi connectivity index (χ4v) is 6.20. The first kappa shape index (κ1) is 23.3. The summed E-state index contributed by atoms with van der Waals surface area (Å²) < 4.78 is 0. The number of pyridine rings is 1. The highest BCUT2D eigenvalue weighted by Crippen LogP contribution is 2.48. The SMILES string of the molecule is O=C(c1ccccc1)[C@@H]1C[C@@H](C(=O)c2ccccc2)N2c3ccccc3C=C(c3ccc4ccccc4n3)[C@@H]12. The molecule has 1 aromatic heterocycles. The van der Waals surface area contributed by atoms with Crippen molar-refractivity contribution in [3.8, 4) is 0 Å². The summed E-state index contributed by atoms with van der Waals surface area (Å²) in [6.07, 6.45) is 2.60. The quantitative estimate of drug-likeness (QED) is 0.238. The summed E-state index contributed by atoms with van der Waals surface area (Å²) in [6.45, 7) is 0. The molecule has 4 aromatic carbocycles. The highest BCUT2D eigenvalue weighted by atomic mass is 16.1. The predicted molar refractivity (Wildman–Crippen MR) is 156 cm³/mol. The Morgan fingerprint density at radius 1 is 0.667 bits per heavy atom. The molecule has 4 nitrogen and oxygen atoms in total. The second-order valence-corrected chi connectivity index (χ2v) is 10.2. The van der Waals surface area contributed by atoms with Crippen molar-refractivity contribution in [3.63, 3.8) is 0 Å². The number of carbonyl (C=O) groups is 2. The Bertz CT molecular complexity index is 1740. The highest BCUT2D eigenvalue weighted by Gasteiger charge is 2.51. The van der Waals surface area contributed by atoms with Crippen molar-refractivity contribution in [3.05, 3.63) is 144 Å². The minimum atomic E-state index is -0.472. The van der Waals surface area contributed by atoms with Crippen molar-refractivity contribution >= 4 is 39.8 Å². The lowest BCUT2D eigenvalue weighted by Crippen LogP contribution is -2.45. The Labute approximate surface area is 227 Å². The number of para-hydroxylation sites is 2. The van der Waals surface area contributed by atoms with Crippen LogP contribution in [0.5, 0.6) is 0 Å². The zero-order chi connectivity index (χ0) is 26.3. The monoisotopic (exact) mass is 506 g/mol. The molecule has 0 amide bonds. The topological polar surface area (TPSA) is 50.3 Å². The Morgan fingerprint density at radius 2 is 1.31 bits per heavy atom. The Morgan fingerprint density at radius 3 is 2.08 bits per heavy atom. The van der Waals surface area contributed by atoms with Gasteiger partial charge in [0, 0.05) is 33.7 Å². The number of aromatic nitrogens is 1. The van der Waals surface area contributed by atoms with E-state index in [9.17, 15) is 9.59 Å². The molecule has 7 rings (SSSR count). The van der Waals surface area contributed by atoms with Gasteiger partial charge in [-0.25, -0.2) is 4.98 Å². The summed E-state index contributed by atoms with van der Waals surface area (Å²) in [7, 11) is 0. The molecular weight excluding hydrogens is 480 g/mol. The van der Waals surface area contributed by atoms with E-state index >= 15 is 0 Å². The molecule has 0 unspecified atom stereocenters. The van der Waals surface area contributed by atoms with Crippen LogP contribution in [0.1, 0.15) is 38.4 Å². The molecule has 39 heavy (non-hydrogen) atoms. The van der Waals surface area contributed by atoms with E-state index in [0.29, 0.717) is 17.5 Å². The van der Waals surface area contributed by atoms with Crippen molar-refractivity contribution in [1.82, 2.24) is 4.98 Å². The molecule has 3 heterocycles. The molecule has 188 valence electrons. The van der Waals surface area contributed by atoms with Gasteiger partial charge in [-0.05, 0) is 36.3 Å². The zero-order valence-electron chi connectivity index (χ0n) is 21.3. The van der Waals surface area contributed by atoms with Gasteiger partial charge < -0.3 is 4.90 Å². The normalized spacial score (nSPS) is 19.7. The minimum absolute atomic E-state index is 0.0338. The number of hydrogen-bond acceptors (Lipinski definition) is 4. The Kier molecular flexibility index (Phi) is 5.66. The second kappa shape index (κ2) is 9.48. The Hall–Kier alpha value is -4.83. The average Bonchev–Trinajstić information content (AvgIpc) is 3.41. The maximum atomic E-state index is 14.1. The van der Waals surface area contributed by atoms with Crippen LogP contribution in [0.15, 0.2) is 121 Å². The van der Waals surface area contributed by atoms with Crippen molar-refractivity contribution < 1.29 is 9.59 Å². The lowest BCUT2D eigenvalue weighted by Gasteiger charge is -2.38. The first-order chi connectivity index (χ1) is 19.2. The van der Waals surface area contributed by atoms with Crippen LogP contribution in [-0.4, -0.2) is 28.6 Å². The van der Waals surface area contributed by atoms with E-state index in [0.717, 1.165) is 33.4 Å². The molecule has 2 aliphatic heterocycles. The van der Waals surface area contributed by atoms with Crippen LogP contribution in [0.25, 0.3) is 22.6 Å². The number of nitrogens with zero attached hydrogens (tertiary/aromatic N) is 2. The number of rotatable bonds is 5. The molecule has 0 bridgehead atoms. The lowest BCUT2D eigenvalue weighted by molar-refractivity contribution is 0.0914. The third kappa shape index (κ3) is 3.96. The molecule has 1 saturated heterocycles. The summed E-state index contributed by atoms with van der Waals surface area (Å²) in [5.74, 6) is -0.315. The molecule has 0 aliphatic carbocycles. The van der Waals surface area contributed by atoms with Gasteiger partial charge in [0.25, 0.3) is 0 Å². The maximum Gasteiger partial charge on any atom is 0.185 e. The summed E-state index contributed by atoms with van der Waals surface area (Å²) in [4.78, 5) is 35.4. The number of carbonyl (C=O) groups excluding carboxylic acids is 2. The van der Waals surface area contributed by atoms with Crippen LogP contribution in [0, 0.1) is 5.92 Å². The average molecular weight is 507 g/mol. The Balaban J connectivity index is 1.42. The van der Waals surface area contributed by atoms with E-state index in [1.807, 2.05) is 97.1 Å². The predicted octanol–water partition coefficient (Wildman–Crippen LogP) is 7.12. The molecule has 2 aliphatic rings. The number of benzene rings is 4. The second-order valence-electron chi connectivity index (χ2n) is 10.2. The fraction of sp³-hybridized carbons (Fsp3) is 0.114. The van der Waals surface area contributed by atoms with Crippen LogP contribution in [0.3, 0.4) is 0 Å². The smallest absolute Gasteiger partial charge is 0.185 e. The van der Waals surface area contributed by atoms with Gasteiger partial charge in [-0.3, -0.25) is 9.59 Å². The van der Waals surface area contributed by atoms with Gasteiger partial charge in [-0.2, -0.15) is 0 Å². The van der Waals surface area contributed by atoms with Crippen molar-refractivity contribution in [2.45, 2.75) is 18.5 Å². The van der Waals surface area contributed by atoms with Crippen molar-refractivity contribution in [2.24, 2.45) is 5.92 Å². The van der Waals surface area contributed by atoms with E-state index in [1.54, 1.807) is 0 Å². The molecular formula is C35H26N2O2. The molecule has 4 heteroatoms. The van der Waals surface area contributed by atoms with Crippen LogP contribution in [0.2, 0.25) is 0 Å². The number of anilines is 1. The van der Waals surface area contributed by atoms with Gasteiger partial charge in [0.15, 0.2) is 11.6 Å². The van der Waals surface area contributed by atoms with Gasteiger partial charge in [0.2, 0.25) is 0 Å². The van der Waals surface area contributed by atoms with E-state index in [1.165, 1.54) is 0 Å². The van der Waals surface area contributed by atoms with Gasteiger partial charge >= 0.3 is 0 Å². The summed E-state index contributed by atoms with van der Waals surface area (Å²) in [5.41, 5.74) is 6.03. The van der Waals surface area contributed by atoms with E-state index in [2.05, 4.69) is 35.2 Å². The molecule has 0 spiro atoms. The molecule has 0 N–H and O–H groups in total. The largest absolute Gasteiger partial charge is 0.353 e. The lowest BCUT2D eigenvalue weighted by atomic mass is 9.82. The summed E-state index contributed by atoms with van der Waals surface area (Å²) in [6, 6.07) is 38.4. The first-order valence-corrected chi connectivity index (χ1v) is 13.3. The molecule has 0 radical (unpaired) electrons. The van der Waals surface area contributed by atoms with Crippen LogP contribution < -0.4 is 4.90 Å². The molecule has 1 fully saturated rings. The van der Waals surface area contributed by atoms with Crippen LogP contribution in [-0.2, 0) is 0 Å². The van der Waals surface area contributed by atoms with Crippen molar-refractivity contribution in [1.29, 1.82) is 0 Å². The fourth-order valence-electron chi connectivity index (χ4n) is 6.20. The third-order valence-electron chi connectivity index (χ3n) is 7.99. The standard InChI is InChI=1S/C35H26N2O2/c38-34(24-12-3-1-4-13-24)28-22-32(35(39)25-14-5-2-6-15-25)37-31-18-10-8-16-26(31)21-27(33(28)37)30-20-19-23-11-7-9-17-29(23)36-30/h1-21,28,32-33H,22H2/t28-,32+,33+/m1/s1. The minimum Gasteiger partial charge on any atom is -0.353 e. The number of hydrogen-bond donors (Lipinski definition) is 0. The molecule has 3 atom stereocenters. The third-order valence-corrected chi connectivity index (χ3v) is 7.99. The zero-order valence-corrected chi connectivity index (χ0v) is 21.3. The van der Waals surface area contributed by atoms with Gasteiger partial charge in [-0.15, -0.1) is 0 Å². The van der Waals surface area contributed by atoms with Gasteiger partial charge in [-0.1, -0.05) is 103 Å². The van der Waals surface area contributed by atoms with Gasteiger partial charge in [0.05, 0.1) is 23.3 Å². The molecule has 5 aromatic rings. The van der Waals surface area contributed by atoms with Crippen LogP contribution in [0.4, 0.5) is 5.69 Å². The van der Waals surface area contributed by atoms with E-state index < -0.39 is 12.0 Å². The summed E-state index contributed by atoms with van der Waals surface area (Å²) >= 11 is 0. The molecule has 0 saturated carbocycles. The number of ketones is 2. The van der Waals surface area contributed by atoms with Crippen LogP contribution >= 0.6 is 0 Å². The highest BCUT2D eigenvalue weighted by molar-refractivity contribution is 6.09.